The predicted molar refractivity (Wildman–Crippen MR) is 72.2 cm³/mol. The molecule has 1 saturated heterocycles. The van der Waals surface area contributed by atoms with E-state index < -0.39 is 0 Å². The molecule has 3 rings (SSSR count). The Bertz CT molecular complexity index is 618. The van der Waals surface area contributed by atoms with Crippen LogP contribution in [0.3, 0.4) is 0 Å². The Kier molecular flexibility index (Phi) is 2.99. The van der Waals surface area contributed by atoms with E-state index >= 15 is 0 Å². The molecule has 2 aromatic heterocycles. The first-order chi connectivity index (χ1) is 8.70. The molecule has 0 saturated carbocycles. The van der Waals surface area contributed by atoms with Crippen LogP contribution in [-0.2, 0) is 24.8 Å². The molecule has 2 aromatic rings. The first-order valence-electron chi connectivity index (χ1n) is 6.42. The highest BCUT2D eigenvalue weighted by molar-refractivity contribution is 7.71. The van der Waals surface area contributed by atoms with Crippen molar-refractivity contribution >= 4 is 23.4 Å². The number of aromatic amines is 1. The highest BCUT2D eigenvalue weighted by atomic mass is 32.1. The lowest BCUT2D eigenvalue weighted by Gasteiger charge is -2.09. The number of ether oxygens (including phenoxy) is 1. The molecule has 98 valence electrons. The molecule has 1 aliphatic rings. The molecule has 1 N–H and O–H groups in total. The van der Waals surface area contributed by atoms with Crippen LogP contribution in [0, 0.1) is 10.7 Å². The Morgan fingerprint density at radius 1 is 1.56 bits per heavy atom. The zero-order valence-electron chi connectivity index (χ0n) is 10.8. The Balaban J connectivity index is 2.07. The number of hydrogen-bond acceptors (Lipinski definition) is 3. The lowest BCUT2D eigenvalue weighted by molar-refractivity contribution is 0.182. The van der Waals surface area contributed by atoms with E-state index in [0.29, 0.717) is 5.92 Å². The van der Waals surface area contributed by atoms with Crippen molar-refractivity contribution in [1.82, 2.24) is 19.3 Å². The SMILES string of the molecule is CCc1nn(C)c2c1[nH]c(=S)n2CC1CCOC1. The van der Waals surface area contributed by atoms with Crippen LogP contribution >= 0.6 is 12.2 Å². The van der Waals surface area contributed by atoms with Gasteiger partial charge in [0.15, 0.2) is 10.4 Å². The van der Waals surface area contributed by atoms with Gasteiger partial charge in [-0.05, 0) is 25.1 Å². The smallest absolute Gasteiger partial charge is 0.179 e. The molecule has 0 amide bonds. The number of fused-ring (bicyclic) bond motifs is 1. The normalized spacial score (nSPS) is 20.0. The van der Waals surface area contributed by atoms with Gasteiger partial charge in [-0.25, -0.2) is 0 Å². The molecule has 0 aromatic carbocycles. The first-order valence-corrected chi connectivity index (χ1v) is 6.83. The van der Waals surface area contributed by atoms with Crippen LogP contribution < -0.4 is 0 Å². The Hall–Kier alpha value is -1.14. The van der Waals surface area contributed by atoms with Crippen LogP contribution in [0.2, 0.25) is 0 Å². The average Bonchev–Trinajstić information content (AvgIpc) is 3.01. The van der Waals surface area contributed by atoms with E-state index in [-0.39, 0.29) is 0 Å². The predicted octanol–water partition coefficient (Wildman–Crippen LogP) is 2.03. The molecule has 1 aliphatic heterocycles. The maximum absolute atomic E-state index is 5.43. The fraction of sp³-hybridized carbons (Fsp3) is 0.667. The second-order valence-electron chi connectivity index (χ2n) is 4.89. The third-order valence-corrected chi connectivity index (χ3v) is 3.94. The second-order valence-corrected chi connectivity index (χ2v) is 5.28. The molecule has 3 heterocycles. The number of nitrogens with one attached hydrogen (secondary N) is 1. The molecule has 0 bridgehead atoms. The van der Waals surface area contributed by atoms with Gasteiger partial charge in [0, 0.05) is 26.1 Å². The minimum atomic E-state index is 0.565. The largest absolute Gasteiger partial charge is 0.381 e. The zero-order chi connectivity index (χ0) is 12.7. The van der Waals surface area contributed by atoms with Gasteiger partial charge in [0.05, 0.1) is 12.3 Å². The monoisotopic (exact) mass is 266 g/mol. The van der Waals surface area contributed by atoms with Crippen molar-refractivity contribution in [3.8, 4) is 0 Å². The Morgan fingerprint density at radius 2 is 2.39 bits per heavy atom. The summed E-state index contributed by atoms with van der Waals surface area (Å²) in [4.78, 5) is 3.30. The van der Waals surface area contributed by atoms with Crippen LogP contribution in [0.25, 0.3) is 11.2 Å². The lowest BCUT2D eigenvalue weighted by Crippen LogP contribution is -2.12. The van der Waals surface area contributed by atoms with Crippen molar-refractivity contribution in [3.63, 3.8) is 0 Å². The zero-order valence-corrected chi connectivity index (χ0v) is 11.6. The van der Waals surface area contributed by atoms with Crippen molar-refractivity contribution in [2.45, 2.75) is 26.3 Å². The van der Waals surface area contributed by atoms with Crippen LogP contribution in [0.4, 0.5) is 0 Å². The van der Waals surface area contributed by atoms with Gasteiger partial charge in [-0.2, -0.15) is 5.10 Å². The standard InChI is InChI=1S/C12H18N4OS/c1-3-9-10-11(15(2)14-9)16(12(18)13-10)6-8-4-5-17-7-8/h8H,3-7H2,1-2H3,(H,13,18). The van der Waals surface area contributed by atoms with Gasteiger partial charge in [0.2, 0.25) is 0 Å². The molecular weight excluding hydrogens is 248 g/mol. The summed E-state index contributed by atoms with van der Waals surface area (Å²) in [7, 11) is 1.98. The van der Waals surface area contributed by atoms with Crippen molar-refractivity contribution in [2.24, 2.45) is 13.0 Å². The topological polar surface area (TPSA) is 47.8 Å². The van der Waals surface area contributed by atoms with Gasteiger partial charge in [-0.15, -0.1) is 0 Å². The summed E-state index contributed by atoms with van der Waals surface area (Å²) in [6.45, 7) is 4.74. The van der Waals surface area contributed by atoms with Crippen molar-refractivity contribution in [3.05, 3.63) is 10.5 Å². The van der Waals surface area contributed by atoms with Crippen molar-refractivity contribution in [1.29, 1.82) is 0 Å². The quantitative estimate of drug-likeness (QED) is 0.865. The number of aryl methyl sites for hydroxylation is 2. The fourth-order valence-electron chi connectivity index (χ4n) is 2.68. The van der Waals surface area contributed by atoms with E-state index in [9.17, 15) is 0 Å². The maximum Gasteiger partial charge on any atom is 0.179 e. The lowest BCUT2D eigenvalue weighted by atomic mass is 10.1. The van der Waals surface area contributed by atoms with Gasteiger partial charge in [0.1, 0.15) is 5.52 Å². The molecule has 1 atom stereocenters. The van der Waals surface area contributed by atoms with Crippen LogP contribution in [0.5, 0.6) is 0 Å². The summed E-state index contributed by atoms with van der Waals surface area (Å²) in [5, 5.41) is 4.53. The molecule has 5 nitrogen and oxygen atoms in total. The van der Waals surface area contributed by atoms with Gasteiger partial charge in [0.25, 0.3) is 0 Å². The number of H-pyrrole nitrogens is 1. The van der Waals surface area contributed by atoms with Gasteiger partial charge < -0.3 is 14.3 Å². The third-order valence-electron chi connectivity index (χ3n) is 3.62. The minimum absolute atomic E-state index is 0.565. The highest BCUT2D eigenvalue weighted by Gasteiger charge is 2.20. The molecule has 1 fully saturated rings. The molecule has 0 radical (unpaired) electrons. The van der Waals surface area contributed by atoms with Crippen LogP contribution in [-0.4, -0.2) is 32.5 Å². The molecule has 18 heavy (non-hydrogen) atoms. The summed E-state index contributed by atoms with van der Waals surface area (Å²) in [5.41, 5.74) is 3.27. The number of aromatic nitrogens is 4. The Morgan fingerprint density at radius 3 is 3.06 bits per heavy atom. The van der Waals surface area contributed by atoms with E-state index in [1.807, 2.05) is 11.7 Å². The van der Waals surface area contributed by atoms with E-state index in [0.717, 1.165) is 54.2 Å². The van der Waals surface area contributed by atoms with Gasteiger partial charge >= 0.3 is 0 Å². The Labute approximate surface area is 111 Å². The van der Waals surface area contributed by atoms with E-state index in [4.69, 9.17) is 17.0 Å². The summed E-state index contributed by atoms with van der Waals surface area (Å²) in [6, 6.07) is 0. The fourth-order valence-corrected chi connectivity index (χ4v) is 2.94. The number of hydrogen-bond donors (Lipinski definition) is 1. The van der Waals surface area contributed by atoms with E-state index in [2.05, 4.69) is 21.6 Å². The minimum Gasteiger partial charge on any atom is -0.381 e. The molecule has 0 spiro atoms. The molecule has 1 unspecified atom stereocenters. The van der Waals surface area contributed by atoms with E-state index in [1.54, 1.807) is 0 Å². The van der Waals surface area contributed by atoms with Crippen molar-refractivity contribution in [2.75, 3.05) is 13.2 Å². The number of imidazole rings is 1. The summed E-state index contributed by atoms with van der Waals surface area (Å²) < 4.78 is 10.3. The van der Waals surface area contributed by atoms with Crippen LogP contribution in [0.1, 0.15) is 19.0 Å². The van der Waals surface area contributed by atoms with Gasteiger partial charge in [-0.1, -0.05) is 6.92 Å². The average molecular weight is 266 g/mol. The number of nitrogens with zero attached hydrogens (tertiary/aromatic N) is 3. The van der Waals surface area contributed by atoms with Gasteiger partial charge in [-0.3, -0.25) is 4.68 Å². The van der Waals surface area contributed by atoms with E-state index in [1.165, 1.54) is 0 Å². The first kappa shape index (κ1) is 11.9. The van der Waals surface area contributed by atoms with Crippen LogP contribution in [0.15, 0.2) is 0 Å². The molecule has 6 heteroatoms. The summed E-state index contributed by atoms with van der Waals surface area (Å²) in [6.07, 6.45) is 2.03. The second kappa shape index (κ2) is 4.51. The highest BCUT2D eigenvalue weighted by Crippen LogP contribution is 2.22. The maximum atomic E-state index is 5.43. The molecular formula is C12H18N4OS. The molecule has 0 aliphatic carbocycles. The van der Waals surface area contributed by atoms with Crippen molar-refractivity contribution < 1.29 is 4.74 Å². The number of rotatable bonds is 3. The summed E-state index contributed by atoms with van der Waals surface area (Å²) >= 11 is 5.43. The summed E-state index contributed by atoms with van der Waals surface area (Å²) in [5.74, 6) is 0.565. The third kappa shape index (κ3) is 1.80.